The Morgan fingerprint density at radius 3 is 2.31 bits per heavy atom. The highest BCUT2D eigenvalue weighted by Gasteiger charge is 2.17. The number of aryl methyl sites for hydroxylation is 1. The van der Waals surface area contributed by atoms with E-state index in [4.69, 9.17) is 9.47 Å². The number of anilines is 1. The first-order valence-electron chi connectivity index (χ1n) is 9.30. The zero-order valence-corrected chi connectivity index (χ0v) is 16.6. The monoisotopic (exact) mass is 389 g/mol. The van der Waals surface area contributed by atoms with Gasteiger partial charge < -0.3 is 14.8 Å². The standard InChI is InChI=1S/C24H23NO4/c1-16-7-4-5-10-22(16)24(27)25-19-8-6-9-21(15-19)29-17(2)23(26)18-11-13-20(28-3)14-12-18/h4-15,17H,1-3H3,(H,25,27)/t17-/m1/s1. The maximum Gasteiger partial charge on any atom is 0.255 e. The summed E-state index contributed by atoms with van der Waals surface area (Å²) in [5.41, 5.74) is 2.65. The fraction of sp³-hybridized carbons (Fsp3) is 0.167. The van der Waals surface area contributed by atoms with E-state index < -0.39 is 6.10 Å². The number of hydrogen-bond acceptors (Lipinski definition) is 4. The third-order valence-corrected chi connectivity index (χ3v) is 4.54. The second-order valence-electron chi connectivity index (χ2n) is 6.65. The highest BCUT2D eigenvalue weighted by Crippen LogP contribution is 2.21. The van der Waals surface area contributed by atoms with E-state index in [-0.39, 0.29) is 11.7 Å². The molecule has 1 atom stereocenters. The molecule has 3 aromatic carbocycles. The molecule has 0 radical (unpaired) electrons. The van der Waals surface area contributed by atoms with Crippen molar-refractivity contribution in [3.63, 3.8) is 0 Å². The van der Waals surface area contributed by atoms with Crippen LogP contribution in [0.5, 0.6) is 11.5 Å². The summed E-state index contributed by atoms with van der Waals surface area (Å²) in [6, 6.07) is 21.3. The number of ketones is 1. The minimum atomic E-state index is -0.675. The van der Waals surface area contributed by atoms with Gasteiger partial charge in [-0.25, -0.2) is 0 Å². The Hall–Kier alpha value is -3.60. The smallest absolute Gasteiger partial charge is 0.255 e. The number of ether oxygens (including phenoxy) is 2. The quantitative estimate of drug-likeness (QED) is 0.584. The summed E-state index contributed by atoms with van der Waals surface area (Å²) < 4.78 is 10.9. The third-order valence-electron chi connectivity index (χ3n) is 4.54. The highest BCUT2D eigenvalue weighted by atomic mass is 16.5. The van der Waals surface area contributed by atoms with Gasteiger partial charge in [-0.2, -0.15) is 0 Å². The Balaban J connectivity index is 1.68. The molecule has 0 saturated heterocycles. The van der Waals surface area contributed by atoms with Gasteiger partial charge in [0.25, 0.3) is 5.91 Å². The average Bonchev–Trinajstić information content (AvgIpc) is 2.73. The van der Waals surface area contributed by atoms with Gasteiger partial charge in [0.1, 0.15) is 11.5 Å². The van der Waals surface area contributed by atoms with Crippen molar-refractivity contribution in [2.24, 2.45) is 0 Å². The largest absolute Gasteiger partial charge is 0.497 e. The van der Waals surface area contributed by atoms with Crippen molar-refractivity contribution in [2.75, 3.05) is 12.4 Å². The van der Waals surface area contributed by atoms with Crippen molar-refractivity contribution in [3.8, 4) is 11.5 Å². The van der Waals surface area contributed by atoms with Gasteiger partial charge in [0.05, 0.1) is 7.11 Å². The van der Waals surface area contributed by atoms with Crippen molar-refractivity contribution in [1.29, 1.82) is 0 Å². The first-order chi connectivity index (χ1) is 14.0. The third kappa shape index (κ3) is 5.02. The van der Waals surface area contributed by atoms with Gasteiger partial charge >= 0.3 is 0 Å². The second kappa shape index (κ2) is 9.06. The topological polar surface area (TPSA) is 64.6 Å². The van der Waals surface area contributed by atoms with Crippen molar-refractivity contribution in [3.05, 3.63) is 89.5 Å². The number of carbonyl (C=O) groups is 2. The van der Waals surface area contributed by atoms with Gasteiger partial charge in [-0.05, 0) is 61.9 Å². The lowest BCUT2D eigenvalue weighted by molar-refractivity contribution is 0.0818. The van der Waals surface area contributed by atoms with Crippen LogP contribution >= 0.6 is 0 Å². The molecule has 0 unspecified atom stereocenters. The SMILES string of the molecule is COc1ccc(C(=O)[C@@H](C)Oc2cccc(NC(=O)c3ccccc3C)c2)cc1. The second-order valence-corrected chi connectivity index (χ2v) is 6.65. The lowest BCUT2D eigenvalue weighted by Gasteiger charge is -2.15. The van der Waals surface area contributed by atoms with Crippen LogP contribution in [-0.4, -0.2) is 24.9 Å². The Morgan fingerprint density at radius 2 is 1.62 bits per heavy atom. The number of rotatable bonds is 7. The summed E-state index contributed by atoms with van der Waals surface area (Å²) in [7, 11) is 1.58. The molecule has 0 bridgehead atoms. The molecule has 0 aliphatic heterocycles. The minimum Gasteiger partial charge on any atom is -0.497 e. The highest BCUT2D eigenvalue weighted by molar-refractivity contribution is 6.05. The first kappa shape index (κ1) is 20.1. The number of carbonyl (C=O) groups excluding carboxylic acids is 2. The van der Waals surface area contributed by atoms with E-state index in [1.807, 2.05) is 25.1 Å². The van der Waals surface area contributed by atoms with Crippen LogP contribution in [0.25, 0.3) is 0 Å². The van der Waals surface area contributed by atoms with Crippen LogP contribution in [0, 0.1) is 6.92 Å². The van der Waals surface area contributed by atoms with Crippen LogP contribution in [0.2, 0.25) is 0 Å². The van der Waals surface area contributed by atoms with Crippen LogP contribution in [0.15, 0.2) is 72.8 Å². The summed E-state index contributed by atoms with van der Waals surface area (Å²) in [6.07, 6.45) is -0.675. The van der Waals surface area contributed by atoms with Crippen LogP contribution in [0.1, 0.15) is 33.2 Å². The molecular formula is C24H23NO4. The number of amides is 1. The molecule has 0 spiro atoms. The van der Waals surface area contributed by atoms with Crippen LogP contribution in [0.4, 0.5) is 5.69 Å². The lowest BCUT2D eigenvalue weighted by Crippen LogP contribution is -2.24. The summed E-state index contributed by atoms with van der Waals surface area (Å²) in [5.74, 6) is 0.860. The number of hydrogen-bond donors (Lipinski definition) is 1. The van der Waals surface area contributed by atoms with Gasteiger partial charge in [-0.1, -0.05) is 24.3 Å². The molecule has 0 aromatic heterocycles. The molecule has 29 heavy (non-hydrogen) atoms. The molecule has 0 aliphatic rings. The molecule has 148 valence electrons. The van der Waals surface area contributed by atoms with Gasteiger partial charge in [0.2, 0.25) is 5.78 Å². The van der Waals surface area contributed by atoms with E-state index in [2.05, 4.69) is 5.32 Å². The van der Waals surface area contributed by atoms with E-state index >= 15 is 0 Å². The summed E-state index contributed by atoms with van der Waals surface area (Å²) >= 11 is 0. The molecule has 0 fully saturated rings. The molecule has 1 amide bonds. The molecule has 3 aromatic rings. The Morgan fingerprint density at radius 1 is 0.897 bits per heavy atom. The Labute approximate surface area is 170 Å². The number of benzene rings is 3. The minimum absolute atomic E-state index is 0.137. The molecule has 0 aliphatic carbocycles. The van der Waals surface area contributed by atoms with Crippen LogP contribution in [-0.2, 0) is 0 Å². The molecule has 3 rings (SSSR count). The van der Waals surface area contributed by atoms with Crippen molar-refractivity contribution >= 4 is 17.4 Å². The van der Waals surface area contributed by atoms with E-state index in [1.165, 1.54) is 0 Å². The van der Waals surface area contributed by atoms with Crippen molar-refractivity contribution in [2.45, 2.75) is 20.0 Å². The first-order valence-corrected chi connectivity index (χ1v) is 9.30. The Kier molecular flexibility index (Phi) is 6.29. The maximum atomic E-state index is 12.6. The Bertz CT molecular complexity index is 1010. The molecule has 5 nitrogen and oxygen atoms in total. The van der Waals surface area contributed by atoms with E-state index in [0.717, 1.165) is 5.56 Å². The maximum absolute atomic E-state index is 12.6. The molecule has 0 heterocycles. The van der Waals surface area contributed by atoms with Crippen molar-refractivity contribution in [1.82, 2.24) is 0 Å². The predicted molar refractivity (Wildman–Crippen MR) is 113 cm³/mol. The van der Waals surface area contributed by atoms with Gasteiger partial charge in [-0.3, -0.25) is 9.59 Å². The number of Topliss-reactive ketones (excluding diaryl/α,β-unsaturated/α-hetero) is 1. The number of methoxy groups -OCH3 is 1. The van der Waals surface area contributed by atoms with E-state index in [1.54, 1.807) is 68.6 Å². The molecular weight excluding hydrogens is 366 g/mol. The van der Waals surface area contributed by atoms with Crippen LogP contribution < -0.4 is 14.8 Å². The van der Waals surface area contributed by atoms with Crippen molar-refractivity contribution < 1.29 is 19.1 Å². The number of nitrogens with one attached hydrogen (secondary N) is 1. The zero-order valence-electron chi connectivity index (χ0n) is 16.6. The predicted octanol–water partition coefficient (Wildman–Crippen LogP) is 4.91. The molecule has 0 saturated carbocycles. The fourth-order valence-electron chi connectivity index (χ4n) is 2.92. The van der Waals surface area contributed by atoms with Crippen LogP contribution in [0.3, 0.4) is 0 Å². The van der Waals surface area contributed by atoms with Gasteiger partial charge in [0, 0.05) is 22.9 Å². The van der Waals surface area contributed by atoms with Gasteiger partial charge in [-0.15, -0.1) is 0 Å². The lowest BCUT2D eigenvalue weighted by atomic mass is 10.1. The summed E-state index contributed by atoms with van der Waals surface area (Å²) in [4.78, 5) is 25.1. The normalized spacial score (nSPS) is 11.4. The zero-order chi connectivity index (χ0) is 20.8. The van der Waals surface area contributed by atoms with E-state index in [9.17, 15) is 9.59 Å². The summed E-state index contributed by atoms with van der Waals surface area (Å²) in [6.45, 7) is 3.59. The average molecular weight is 389 g/mol. The molecule has 5 heteroatoms. The van der Waals surface area contributed by atoms with E-state index in [0.29, 0.717) is 28.3 Å². The summed E-state index contributed by atoms with van der Waals surface area (Å²) in [5, 5.41) is 2.87. The molecule has 1 N–H and O–H groups in total. The fourth-order valence-corrected chi connectivity index (χ4v) is 2.92. The van der Waals surface area contributed by atoms with Gasteiger partial charge in [0.15, 0.2) is 6.10 Å².